The Balaban J connectivity index is 1.86. The number of aromatic nitrogens is 3. The number of nitrogens with zero attached hydrogens (tertiary/aromatic N) is 2. The SMILES string of the molecule is COc1ccc(CCNc2nncc(=O)[nH]2)cc1. The zero-order chi connectivity index (χ0) is 12.8. The third kappa shape index (κ3) is 3.31. The van der Waals surface area contributed by atoms with E-state index >= 15 is 0 Å². The van der Waals surface area contributed by atoms with E-state index in [2.05, 4.69) is 20.5 Å². The Hall–Kier alpha value is -2.37. The molecule has 0 radical (unpaired) electrons. The van der Waals surface area contributed by atoms with Gasteiger partial charge in [-0.25, -0.2) is 0 Å². The molecular weight excluding hydrogens is 232 g/mol. The molecule has 1 heterocycles. The highest BCUT2D eigenvalue weighted by Gasteiger charge is 1.97. The maximum atomic E-state index is 11.0. The van der Waals surface area contributed by atoms with Crippen LogP contribution in [-0.4, -0.2) is 28.8 Å². The van der Waals surface area contributed by atoms with Crippen molar-refractivity contribution in [1.29, 1.82) is 0 Å². The Morgan fingerprint density at radius 2 is 2.11 bits per heavy atom. The summed E-state index contributed by atoms with van der Waals surface area (Å²) in [7, 11) is 1.64. The number of aromatic amines is 1. The van der Waals surface area contributed by atoms with Crippen LogP contribution in [0, 0.1) is 0 Å². The second-order valence-electron chi connectivity index (χ2n) is 3.71. The third-order valence-electron chi connectivity index (χ3n) is 2.44. The monoisotopic (exact) mass is 246 g/mol. The van der Waals surface area contributed by atoms with Crippen molar-refractivity contribution in [3.05, 3.63) is 46.4 Å². The number of methoxy groups -OCH3 is 1. The molecule has 0 bridgehead atoms. The van der Waals surface area contributed by atoms with Gasteiger partial charge in [0.2, 0.25) is 5.95 Å². The van der Waals surface area contributed by atoms with Gasteiger partial charge in [-0.05, 0) is 24.1 Å². The van der Waals surface area contributed by atoms with Crippen LogP contribution in [0.4, 0.5) is 5.95 Å². The average Bonchev–Trinajstić information content (AvgIpc) is 2.40. The number of hydrogen-bond donors (Lipinski definition) is 2. The fourth-order valence-corrected chi connectivity index (χ4v) is 1.51. The highest BCUT2D eigenvalue weighted by molar-refractivity contribution is 5.28. The van der Waals surface area contributed by atoms with Crippen LogP contribution >= 0.6 is 0 Å². The second-order valence-corrected chi connectivity index (χ2v) is 3.71. The van der Waals surface area contributed by atoms with Crippen LogP contribution < -0.4 is 15.6 Å². The molecule has 0 aliphatic carbocycles. The summed E-state index contributed by atoms with van der Waals surface area (Å²) in [5.41, 5.74) is 0.909. The lowest BCUT2D eigenvalue weighted by atomic mass is 10.1. The Bertz CT molecular complexity index is 551. The molecule has 2 aromatic rings. The lowest BCUT2D eigenvalue weighted by Crippen LogP contribution is -2.14. The van der Waals surface area contributed by atoms with Gasteiger partial charge in [0.15, 0.2) is 0 Å². The molecule has 0 saturated carbocycles. The minimum Gasteiger partial charge on any atom is -0.497 e. The minimum absolute atomic E-state index is 0.267. The van der Waals surface area contributed by atoms with Crippen LogP contribution in [0.2, 0.25) is 0 Å². The lowest BCUT2D eigenvalue weighted by Gasteiger charge is -2.05. The van der Waals surface area contributed by atoms with Gasteiger partial charge in [-0.3, -0.25) is 9.78 Å². The molecule has 94 valence electrons. The maximum absolute atomic E-state index is 11.0. The molecule has 18 heavy (non-hydrogen) atoms. The number of hydrogen-bond acceptors (Lipinski definition) is 5. The van der Waals surface area contributed by atoms with Gasteiger partial charge in [0, 0.05) is 6.54 Å². The standard InChI is InChI=1S/C12H14N4O2/c1-18-10-4-2-9(3-5-10)6-7-13-12-15-11(17)8-14-16-12/h2-5,8H,6-7H2,1H3,(H2,13,15,16,17). The van der Waals surface area contributed by atoms with E-state index < -0.39 is 0 Å². The number of nitrogens with one attached hydrogen (secondary N) is 2. The fourth-order valence-electron chi connectivity index (χ4n) is 1.51. The van der Waals surface area contributed by atoms with E-state index in [0.717, 1.165) is 18.4 Å². The first-order chi connectivity index (χ1) is 8.78. The topological polar surface area (TPSA) is 79.9 Å². The number of ether oxygens (including phenoxy) is 1. The van der Waals surface area contributed by atoms with Gasteiger partial charge >= 0.3 is 0 Å². The van der Waals surface area contributed by atoms with Crippen molar-refractivity contribution in [3.8, 4) is 5.75 Å². The Morgan fingerprint density at radius 1 is 1.33 bits per heavy atom. The van der Waals surface area contributed by atoms with Gasteiger partial charge < -0.3 is 10.1 Å². The summed E-state index contributed by atoms with van der Waals surface area (Å²) in [4.78, 5) is 13.5. The van der Waals surface area contributed by atoms with Gasteiger partial charge in [0.25, 0.3) is 5.56 Å². The second kappa shape index (κ2) is 5.81. The van der Waals surface area contributed by atoms with Gasteiger partial charge in [-0.15, -0.1) is 10.2 Å². The van der Waals surface area contributed by atoms with Crippen LogP contribution in [0.25, 0.3) is 0 Å². The molecule has 0 saturated heterocycles. The van der Waals surface area contributed by atoms with E-state index in [0.29, 0.717) is 12.5 Å². The maximum Gasteiger partial charge on any atom is 0.271 e. The number of H-pyrrole nitrogens is 1. The number of rotatable bonds is 5. The van der Waals surface area contributed by atoms with Gasteiger partial charge in [0.1, 0.15) is 11.9 Å². The molecule has 0 unspecified atom stereocenters. The molecule has 1 aromatic heterocycles. The number of benzene rings is 1. The molecule has 0 spiro atoms. The van der Waals surface area contributed by atoms with E-state index in [4.69, 9.17) is 4.74 Å². The van der Waals surface area contributed by atoms with Crippen LogP contribution in [0.15, 0.2) is 35.3 Å². The Labute approximate surface area is 104 Å². The highest BCUT2D eigenvalue weighted by atomic mass is 16.5. The lowest BCUT2D eigenvalue weighted by molar-refractivity contribution is 0.414. The van der Waals surface area contributed by atoms with Crippen LogP contribution in [0.5, 0.6) is 5.75 Å². The van der Waals surface area contributed by atoms with Crippen molar-refractivity contribution in [2.45, 2.75) is 6.42 Å². The van der Waals surface area contributed by atoms with E-state index in [1.807, 2.05) is 24.3 Å². The molecule has 2 rings (SSSR count). The van der Waals surface area contributed by atoms with Crippen molar-refractivity contribution in [2.24, 2.45) is 0 Å². The van der Waals surface area contributed by atoms with Crippen molar-refractivity contribution in [2.75, 3.05) is 19.0 Å². The zero-order valence-electron chi connectivity index (χ0n) is 10.0. The average molecular weight is 246 g/mol. The minimum atomic E-state index is -0.267. The summed E-state index contributed by atoms with van der Waals surface area (Å²) in [5.74, 6) is 1.22. The summed E-state index contributed by atoms with van der Waals surface area (Å²) in [6, 6.07) is 7.83. The predicted octanol–water partition coefficient (Wildman–Crippen LogP) is 0.828. The predicted molar refractivity (Wildman–Crippen MR) is 67.8 cm³/mol. The van der Waals surface area contributed by atoms with E-state index in [1.54, 1.807) is 7.11 Å². The summed E-state index contributed by atoms with van der Waals surface area (Å²) in [6.45, 7) is 0.668. The fraction of sp³-hybridized carbons (Fsp3) is 0.250. The molecule has 0 atom stereocenters. The summed E-state index contributed by atoms with van der Waals surface area (Å²) in [5, 5.41) is 10.3. The molecule has 2 N–H and O–H groups in total. The first-order valence-electron chi connectivity index (χ1n) is 5.57. The quantitative estimate of drug-likeness (QED) is 0.816. The molecule has 0 fully saturated rings. The van der Waals surface area contributed by atoms with E-state index in [1.165, 1.54) is 5.56 Å². The molecule has 1 aromatic carbocycles. The van der Waals surface area contributed by atoms with Gasteiger partial charge in [-0.2, -0.15) is 0 Å². The van der Waals surface area contributed by atoms with Crippen LogP contribution in [0.1, 0.15) is 5.56 Å². The summed E-state index contributed by atoms with van der Waals surface area (Å²) < 4.78 is 5.08. The Morgan fingerprint density at radius 3 is 2.78 bits per heavy atom. The molecule has 6 heteroatoms. The number of anilines is 1. The first kappa shape index (κ1) is 12.1. The molecular formula is C12H14N4O2. The van der Waals surface area contributed by atoms with Crippen molar-refractivity contribution in [1.82, 2.24) is 15.2 Å². The largest absolute Gasteiger partial charge is 0.497 e. The van der Waals surface area contributed by atoms with Crippen molar-refractivity contribution >= 4 is 5.95 Å². The van der Waals surface area contributed by atoms with Crippen LogP contribution in [-0.2, 0) is 6.42 Å². The molecule has 0 aliphatic heterocycles. The smallest absolute Gasteiger partial charge is 0.271 e. The van der Waals surface area contributed by atoms with E-state index in [-0.39, 0.29) is 5.56 Å². The summed E-state index contributed by atoms with van der Waals surface area (Å²) >= 11 is 0. The molecule has 0 aliphatic rings. The van der Waals surface area contributed by atoms with Crippen LogP contribution in [0.3, 0.4) is 0 Å². The van der Waals surface area contributed by atoms with Gasteiger partial charge in [0.05, 0.1) is 7.11 Å². The van der Waals surface area contributed by atoms with E-state index in [9.17, 15) is 4.79 Å². The summed E-state index contributed by atoms with van der Waals surface area (Å²) in [6.07, 6.45) is 1.96. The van der Waals surface area contributed by atoms with Crippen molar-refractivity contribution < 1.29 is 4.74 Å². The molecule has 0 amide bonds. The van der Waals surface area contributed by atoms with Crippen molar-refractivity contribution in [3.63, 3.8) is 0 Å². The third-order valence-corrected chi connectivity index (χ3v) is 2.44. The zero-order valence-corrected chi connectivity index (χ0v) is 10.0. The first-order valence-corrected chi connectivity index (χ1v) is 5.57. The Kier molecular flexibility index (Phi) is 3.90. The molecule has 6 nitrogen and oxygen atoms in total. The van der Waals surface area contributed by atoms with Gasteiger partial charge in [-0.1, -0.05) is 12.1 Å². The highest BCUT2D eigenvalue weighted by Crippen LogP contribution is 2.11. The normalized spacial score (nSPS) is 10.1.